The monoisotopic (exact) mass is 678 g/mol. The number of carbonyl (C=O) groups excluding carboxylic acids is 3. The van der Waals surface area contributed by atoms with Crippen LogP contribution in [0, 0.1) is 18.6 Å². The summed E-state index contributed by atoms with van der Waals surface area (Å²) in [7, 11) is 0. The number of carboxylic acids is 1. The SMILES string of the molecule is CCCCOC(=O)N(C(=O)OCCCC)c1ccc(C(=O)O)c(-c2ccc(CC(C(=O)Nc3ccc(F)c(C)c3)c3nnn[nH]3)cc2F)c1. The number of imide groups is 1. The van der Waals surface area contributed by atoms with Crippen LogP contribution in [0.25, 0.3) is 11.1 Å². The Balaban J connectivity index is 1.67. The maximum absolute atomic E-state index is 15.9. The van der Waals surface area contributed by atoms with Gasteiger partial charge in [0.15, 0.2) is 5.82 Å². The van der Waals surface area contributed by atoms with Gasteiger partial charge in [0.05, 0.1) is 24.5 Å². The summed E-state index contributed by atoms with van der Waals surface area (Å²) in [5.74, 6) is -4.13. The molecule has 0 saturated carbocycles. The van der Waals surface area contributed by atoms with Gasteiger partial charge in [-0.15, -0.1) is 5.10 Å². The van der Waals surface area contributed by atoms with Gasteiger partial charge in [-0.25, -0.2) is 28.3 Å². The molecule has 3 N–H and O–H groups in total. The van der Waals surface area contributed by atoms with Crippen molar-refractivity contribution < 1.29 is 42.5 Å². The van der Waals surface area contributed by atoms with Crippen LogP contribution in [0.4, 0.5) is 29.7 Å². The Labute approximate surface area is 280 Å². The molecule has 13 nitrogen and oxygen atoms in total. The molecule has 3 amide bonds. The highest BCUT2D eigenvalue weighted by atomic mass is 19.1. The van der Waals surface area contributed by atoms with Crippen molar-refractivity contribution in [3.63, 3.8) is 0 Å². The molecule has 0 radical (unpaired) electrons. The van der Waals surface area contributed by atoms with E-state index in [0.717, 1.165) is 25.0 Å². The van der Waals surface area contributed by atoms with Gasteiger partial charge in [-0.1, -0.05) is 38.8 Å². The molecule has 1 heterocycles. The number of rotatable bonds is 14. The number of amides is 3. The fraction of sp³-hybridized carbons (Fsp3) is 0.324. The van der Waals surface area contributed by atoms with Gasteiger partial charge >= 0.3 is 18.2 Å². The van der Waals surface area contributed by atoms with Crippen LogP contribution in [0.1, 0.15) is 72.8 Å². The number of benzene rings is 3. The second-order valence-corrected chi connectivity index (χ2v) is 11.1. The number of aromatic nitrogens is 4. The number of carboxylic acid groups (broad SMARTS) is 1. The molecule has 1 unspecified atom stereocenters. The predicted octanol–water partition coefficient (Wildman–Crippen LogP) is 6.80. The first-order chi connectivity index (χ1) is 23.5. The first kappa shape index (κ1) is 36.1. The number of anilines is 2. The number of tetrazole rings is 1. The quantitative estimate of drug-likeness (QED) is 0.120. The molecule has 0 spiro atoms. The Morgan fingerprint density at radius 1 is 0.898 bits per heavy atom. The molecule has 0 bridgehead atoms. The molecule has 258 valence electrons. The molecule has 0 aliphatic heterocycles. The average Bonchev–Trinajstić information content (AvgIpc) is 3.60. The van der Waals surface area contributed by atoms with Crippen LogP contribution in [0.2, 0.25) is 0 Å². The Morgan fingerprint density at radius 3 is 2.16 bits per heavy atom. The van der Waals surface area contributed by atoms with E-state index in [4.69, 9.17) is 9.47 Å². The fourth-order valence-electron chi connectivity index (χ4n) is 4.82. The average molecular weight is 679 g/mol. The number of H-pyrrole nitrogens is 1. The summed E-state index contributed by atoms with van der Waals surface area (Å²) in [6.45, 7) is 5.43. The number of aryl methyl sites for hydroxylation is 1. The number of unbranched alkanes of at least 4 members (excludes halogenated alkanes) is 2. The largest absolute Gasteiger partial charge is 0.478 e. The molecule has 3 aromatic carbocycles. The number of aromatic amines is 1. The van der Waals surface area contributed by atoms with Crippen molar-refractivity contribution >= 4 is 35.4 Å². The van der Waals surface area contributed by atoms with Crippen LogP contribution < -0.4 is 10.2 Å². The van der Waals surface area contributed by atoms with E-state index in [0.29, 0.717) is 34.6 Å². The Morgan fingerprint density at radius 2 is 1.59 bits per heavy atom. The highest BCUT2D eigenvalue weighted by molar-refractivity contribution is 6.10. The second kappa shape index (κ2) is 16.9. The Bertz CT molecular complexity index is 1780. The Kier molecular flexibility index (Phi) is 12.5. The van der Waals surface area contributed by atoms with Crippen molar-refractivity contribution in [2.75, 3.05) is 23.4 Å². The van der Waals surface area contributed by atoms with Crippen molar-refractivity contribution in [3.05, 3.63) is 88.7 Å². The van der Waals surface area contributed by atoms with Crippen molar-refractivity contribution in [3.8, 4) is 11.1 Å². The summed E-state index contributed by atoms with van der Waals surface area (Å²) < 4.78 is 40.2. The van der Waals surface area contributed by atoms with Gasteiger partial charge in [0.25, 0.3) is 0 Å². The van der Waals surface area contributed by atoms with Crippen molar-refractivity contribution in [2.24, 2.45) is 0 Å². The number of hydrogen-bond acceptors (Lipinski definition) is 9. The lowest BCUT2D eigenvalue weighted by Gasteiger charge is -2.21. The third-order valence-corrected chi connectivity index (χ3v) is 7.50. The van der Waals surface area contributed by atoms with E-state index in [-0.39, 0.29) is 47.8 Å². The van der Waals surface area contributed by atoms with Gasteiger partial charge in [-0.05, 0) is 90.2 Å². The standard InChI is InChI=1S/C34H36F2N6O7/c1-4-6-14-48-33(46)42(34(47)49-15-7-5-2)23-10-12-25(32(44)45)26(19-23)24-11-8-21(18-29(24)36)17-27(30-38-40-41-39-30)31(43)37-22-9-13-28(35)20(3)16-22/h8-13,16,18-19,27H,4-7,14-15,17H2,1-3H3,(H,37,43)(H,44,45)(H,38,39,40,41). The molecule has 0 fully saturated rings. The van der Waals surface area contributed by atoms with Crippen molar-refractivity contribution in [2.45, 2.75) is 58.8 Å². The summed E-state index contributed by atoms with van der Waals surface area (Å²) in [5, 5.41) is 26.1. The molecule has 0 saturated heterocycles. The molecule has 15 heteroatoms. The molecule has 49 heavy (non-hydrogen) atoms. The van der Waals surface area contributed by atoms with Gasteiger partial charge in [0.2, 0.25) is 5.91 Å². The molecule has 0 aliphatic rings. The summed E-state index contributed by atoms with van der Waals surface area (Å²) in [6, 6.07) is 11.6. The van der Waals surface area contributed by atoms with Crippen LogP contribution in [0.3, 0.4) is 0 Å². The summed E-state index contributed by atoms with van der Waals surface area (Å²) in [6.07, 6.45) is 0.431. The maximum atomic E-state index is 15.9. The van der Waals surface area contributed by atoms with E-state index < -0.39 is 41.6 Å². The van der Waals surface area contributed by atoms with Crippen molar-refractivity contribution in [1.29, 1.82) is 0 Å². The van der Waals surface area contributed by atoms with Crippen LogP contribution in [-0.2, 0) is 20.7 Å². The minimum Gasteiger partial charge on any atom is -0.478 e. The maximum Gasteiger partial charge on any atom is 0.424 e. The molecule has 1 atom stereocenters. The smallest absolute Gasteiger partial charge is 0.424 e. The van der Waals surface area contributed by atoms with E-state index in [2.05, 4.69) is 25.9 Å². The first-order valence-corrected chi connectivity index (χ1v) is 15.6. The highest BCUT2D eigenvalue weighted by Crippen LogP contribution is 2.33. The minimum absolute atomic E-state index is 0.0386. The zero-order chi connectivity index (χ0) is 35.5. The van der Waals surface area contributed by atoms with Crippen molar-refractivity contribution in [1.82, 2.24) is 20.6 Å². The van der Waals surface area contributed by atoms with Gasteiger partial charge in [-0.2, -0.15) is 4.90 Å². The fourth-order valence-corrected chi connectivity index (χ4v) is 4.82. The van der Waals surface area contributed by atoms with Crippen LogP contribution in [0.15, 0.2) is 54.6 Å². The third-order valence-electron chi connectivity index (χ3n) is 7.50. The van der Waals surface area contributed by atoms with E-state index in [1.807, 2.05) is 13.8 Å². The van der Waals surface area contributed by atoms with E-state index in [1.165, 1.54) is 42.5 Å². The third kappa shape index (κ3) is 9.21. The zero-order valence-electron chi connectivity index (χ0n) is 27.2. The summed E-state index contributed by atoms with van der Waals surface area (Å²) in [5.41, 5.74) is 0.338. The topological polar surface area (TPSA) is 177 Å². The lowest BCUT2D eigenvalue weighted by atomic mass is 9.93. The first-order valence-electron chi connectivity index (χ1n) is 15.6. The highest BCUT2D eigenvalue weighted by Gasteiger charge is 2.29. The Hall–Kier alpha value is -5.73. The number of carbonyl (C=O) groups is 4. The number of ether oxygens (including phenoxy) is 2. The van der Waals surface area contributed by atoms with Crippen LogP contribution in [0.5, 0.6) is 0 Å². The molecule has 4 rings (SSSR count). The van der Waals surface area contributed by atoms with Gasteiger partial charge in [0, 0.05) is 16.8 Å². The number of aromatic carboxylic acids is 1. The minimum atomic E-state index is -1.38. The summed E-state index contributed by atoms with van der Waals surface area (Å²) in [4.78, 5) is 52.2. The molecular formula is C34H36F2N6O7. The van der Waals surface area contributed by atoms with E-state index in [1.54, 1.807) is 6.92 Å². The van der Waals surface area contributed by atoms with Gasteiger partial charge in [0.1, 0.15) is 17.6 Å². The molecular weight excluding hydrogens is 642 g/mol. The predicted molar refractivity (Wildman–Crippen MR) is 174 cm³/mol. The molecule has 4 aromatic rings. The van der Waals surface area contributed by atoms with E-state index >= 15 is 4.39 Å². The van der Waals surface area contributed by atoms with E-state index in [9.17, 15) is 28.7 Å². The van der Waals surface area contributed by atoms with Gasteiger partial charge in [-0.3, -0.25) is 4.79 Å². The number of nitrogens with one attached hydrogen (secondary N) is 2. The number of halogens is 2. The molecule has 1 aromatic heterocycles. The van der Waals surface area contributed by atoms with Crippen LogP contribution in [-0.4, -0.2) is 63.0 Å². The number of hydrogen-bond donors (Lipinski definition) is 3. The lowest BCUT2D eigenvalue weighted by Crippen LogP contribution is -2.38. The van der Waals surface area contributed by atoms with Gasteiger partial charge < -0.3 is 19.9 Å². The number of nitrogens with zero attached hydrogens (tertiary/aromatic N) is 4. The molecule has 0 aliphatic carbocycles. The lowest BCUT2D eigenvalue weighted by molar-refractivity contribution is -0.117. The second-order valence-electron chi connectivity index (χ2n) is 11.1. The zero-order valence-corrected chi connectivity index (χ0v) is 27.2. The van der Waals surface area contributed by atoms with Crippen LogP contribution >= 0.6 is 0 Å². The normalized spacial score (nSPS) is 11.4. The summed E-state index contributed by atoms with van der Waals surface area (Å²) >= 11 is 0.